The van der Waals surface area contributed by atoms with Crippen molar-refractivity contribution in [2.75, 3.05) is 0 Å². The van der Waals surface area contributed by atoms with Gasteiger partial charge in [0.2, 0.25) is 0 Å². The number of furan rings is 1. The molecule has 0 amide bonds. The maximum atomic E-state index is 6.53. The highest BCUT2D eigenvalue weighted by Crippen LogP contribution is 2.47. The lowest BCUT2D eigenvalue weighted by atomic mass is 9.83. The highest BCUT2D eigenvalue weighted by molar-refractivity contribution is 6.23. The van der Waals surface area contributed by atoms with E-state index in [-0.39, 0.29) is 0 Å². The van der Waals surface area contributed by atoms with Crippen molar-refractivity contribution in [3.8, 4) is 44.5 Å². The summed E-state index contributed by atoms with van der Waals surface area (Å²) in [5.41, 5.74) is 11.5. The van der Waals surface area contributed by atoms with Gasteiger partial charge in [0.05, 0.1) is 0 Å². The summed E-state index contributed by atoms with van der Waals surface area (Å²) in [6, 6.07) is 60.9. The Labute approximate surface area is 261 Å². The molecular weight excluding hydrogens is 544 g/mol. The Kier molecular flexibility index (Phi) is 5.89. The lowest BCUT2D eigenvalue weighted by molar-refractivity contribution is 0.670. The summed E-state index contributed by atoms with van der Waals surface area (Å²) < 4.78 is 6.53. The van der Waals surface area contributed by atoms with E-state index in [2.05, 4.69) is 164 Å². The predicted octanol–water partition coefficient (Wildman–Crippen LogP) is 12.6. The normalized spacial score (nSPS) is 11.6. The summed E-state index contributed by atoms with van der Waals surface area (Å²) in [4.78, 5) is 0. The molecule has 0 N–H and O–H groups in total. The Morgan fingerprint density at radius 1 is 0.289 bits per heavy atom. The number of benzene rings is 8. The molecule has 0 aliphatic carbocycles. The zero-order valence-corrected chi connectivity index (χ0v) is 24.6. The minimum atomic E-state index is 0.912. The van der Waals surface area contributed by atoms with Gasteiger partial charge in [0, 0.05) is 16.3 Å². The van der Waals surface area contributed by atoms with E-state index in [1.54, 1.807) is 0 Å². The van der Waals surface area contributed by atoms with Gasteiger partial charge in [-0.1, -0.05) is 158 Å². The Morgan fingerprint density at radius 2 is 0.778 bits per heavy atom. The average Bonchev–Trinajstić information content (AvgIpc) is 3.50. The first-order valence-corrected chi connectivity index (χ1v) is 15.4. The monoisotopic (exact) mass is 572 g/mol. The predicted molar refractivity (Wildman–Crippen MR) is 190 cm³/mol. The van der Waals surface area contributed by atoms with Crippen molar-refractivity contribution in [3.63, 3.8) is 0 Å². The zero-order valence-electron chi connectivity index (χ0n) is 24.6. The number of hydrogen-bond donors (Lipinski definition) is 0. The molecule has 0 spiro atoms. The molecule has 1 aromatic heterocycles. The van der Waals surface area contributed by atoms with Crippen molar-refractivity contribution in [2.24, 2.45) is 0 Å². The van der Waals surface area contributed by atoms with Crippen LogP contribution >= 0.6 is 0 Å². The third-order valence-electron chi connectivity index (χ3n) is 9.08. The molecule has 0 radical (unpaired) electrons. The molecule has 210 valence electrons. The first kappa shape index (κ1) is 25.6. The Morgan fingerprint density at radius 3 is 1.51 bits per heavy atom. The fourth-order valence-corrected chi connectivity index (χ4v) is 7.11. The van der Waals surface area contributed by atoms with Gasteiger partial charge in [0.1, 0.15) is 11.2 Å². The summed E-state index contributed by atoms with van der Waals surface area (Å²) in [6.07, 6.45) is 0. The van der Waals surface area contributed by atoms with Crippen LogP contribution < -0.4 is 0 Å². The van der Waals surface area contributed by atoms with E-state index in [0.29, 0.717) is 0 Å². The fraction of sp³-hybridized carbons (Fsp3) is 0. The van der Waals surface area contributed by atoms with Crippen molar-refractivity contribution in [1.82, 2.24) is 0 Å². The summed E-state index contributed by atoms with van der Waals surface area (Å²) in [5, 5.41) is 7.24. The smallest absolute Gasteiger partial charge is 0.143 e. The molecule has 1 heteroatoms. The second-order valence-electron chi connectivity index (χ2n) is 11.6. The quantitative estimate of drug-likeness (QED) is 0.191. The van der Waals surface area contributed by atoms with Crippen LogP contribution in [0.4, 0.5) is 0 Å². The molecule has 9 rings (SSSR count). The van der Waals surface area contributed by atoms with Crippen molar-refractivity contribution in [2.45, 2.75) is 0 Å². The first-order valence-electron chi connectivity index (χ1n) is 15.4. The topological polar surface area (TPSA) is 13.1 Å². The summed E-state index contributed by atoms with van der Waals surface area (Å²) in [7, 11) is 0. The molecule has 8 aromatic carbocycles. The van der Waals surface area contributed by atoms with Crippen molar-refractivity contribution in [3.05, 3.63) is 170 Å². The van der Waals surface area contributed by atoms with Gasteiger partial charge in [-0.05, 0) is 72.6 Å². The third-order valence-corrected chi connectivity index (χ3v) is 9.08. The molecule has 45 heavy (non-hydrogen) atoms. The Balaban J connectivity index is 1.34. The number of hydrogen-bond acceptors (Lipinski definition) is 1. The molecule has 0 aliphatic rings. The lowest BCUT2D eigenvalue weighted by Crippen LogP contribution is -1.93. The van der Waals surface area contributed by atoms with Gasteiger partial charge < -0.3 is 4.42 Å². The van der Waals surface area contributed by atoms with Crippen molar-refractivity contribution in [1.29, 1.82) is 0 Å². The van der Waals surface area contributed by atoms with Crippen LogP contribution in [0.2, 0.25) is 0 Å². The molecule has 0 saturated heterocycles. The molecule has 0 aliphatic heterocycles. The van der Waals surface area contributed by atoms with Crippen LogP contribution in [-0.4, -0.2) is 0 Å². The minimum Gasteiger partial charge on any atom is -0.455 e. The molecule has 0 atom stereocenters. The summed E-state index contributed by atoms with van der Waals surface area (Å²) in [5.74, 6) is 0. The number of fused-ring (bicyclic) bond motifs is 5. The SMILES string of the molecule is c1ccc(-c2cccc(-c3c4ccccc4c(-c4ccccc4-c4cccc5c4oc4ccccc45)c4ccccc34)c2)cc1. The van der Waals surface area contributed by atoms with E-state index < -0.39 is 0 Å². The zero-order chi connectivity index (χ0) is 29.7. The number of rotatable bonds is 4. The highest BCUT2D eigenvalue weighted by Gasteiger charge is 2.20. The van der Waals surface area contributed by atoms with E-state index in [1.807, 2.05) is 6.07 Å². The third kappa shape index (κ3) is 4.09. The largest absolute Gasteiger partial charge is 0.455 e. The molecule has 0 bridgehead atoms. The van der Waals surface area contributed by atoms with Gasteiger partial charge in [-0.15, -0.1) is 0 Å². The molecule has 1 heterocycles. The van der Waals surface area contributed by atoms with Gasteiger partial charge in [-0.3, -0.25) is 0 Å². The second kappa shape index (κ2) is 10.4. The van der Waals surface area contributed by atoms with Crippen LogP contribution in [0.15, 0.2) is 174 Å². The van der Waals surface area contributed by atoms with E-state index in [9.17, 15) is 0 Å². The van der Waals surface area contributed by atoms with E-state index >= 15 is 0 Å². The van der Waals surface area contributed by atoms with Gasteiger partial charge in [-0.25, -0.2) is 0 Å². The van der Waals surface area contributed by atoms with Gasteiger partial charge in [0.15, 0.2) is 0 Å². The summed E-state index contributed by atoms with van der Waals surface area (Å²) >= 11 is 0. The van der Waals surface area contributed by atoms with Crippen molar-refractivity contribution < 1.29 is 4.42 Å². The van der Waals surface area contributed by atoms with Gasteiger partial charge in [-0.2, -0.15) is 0 Å². The van der Waals surface area contributed by atoms with Crippen LogP contribution in [0.1, 0.15) is 0 Å². The van der Waals surface area contributed by atoms with E-state index in [1.165, 1.54) is 54.9 Å². The summed E-state index contributed by atoms with van der Waals surface area (Å²) in [6.45, 7) is 0. The molecule has 0 unspecified atom stereocenters. The molecule has 0 saturated carbocycles. The first-order chi connectivity index (χ1) is 22.3. The molecular formula is C44H28O. The van der Waals surface area contributed by atoms with Gasteiger partial charge in [0.25, 0.3) is 0 Å². The van der Waals surface area contributed by atoms with Crippen LogP contribution in [0.5, 0.6) is 0 Å². The van der Waals surface area contributed by atoms with Crippen LogP contribution in [0, 0.1) is 0 Å². The number of para-hydroxylation sites is 2. The molecule has 1 nitrogen and oxygen atoms in total. The highest BCUT2D eigenvalue weighted by atomic mass is 16.3. The molecule has 9 aromatic rings. The van der Waals surface area contributed by atoms with Crippen LogP contribution in [-0.2, 0) is 0 Å². The minimum absolute atomic E-state index is 0.912. The van der Waals surface area contributed by atoms with Crippen LogP contribution in [0.3, 0.4) is 0 Å². The van der Waals surface area contributed by atoms with E-state index in [0.717, 1.165) is 33.1 Å². The average molecular weight is 573 g/mol. The standard InChI is InChI=1S/C44H28O/c1-2-14-29(15-3-1)30-16-12-17-31(28-30)42-35-21-6-8-23-37(35)43(38-24-9-7-22-36(38)42)34-20-5-4-18-32(34)39-25-13-26-40-33-19-10-11-27-41(33)45-44(39)40/h1-28H. The fourth-order valence-electron chi connectivity index (χ4n) is 7.11. The van der Waals surface area contributed by atoms with E-state index in [4.69, 9.17) is 4.42 Å². The Hall–Kier alpha value is -5.92. The van der Waals surface area contributed by atoms with Crippen molar-refractivity contribution >= 4 is 43.5 Å². The maximum Gasteiger partial charge on any atom is 0.143 e. The van der Waals surface area contributed by atoms with Crippen LogP contribution in [0.25, 0.3) is 88.0 Å². The Bertz CT molecular complexity index is 2480. The molecule has 0 fully saturated rings. The van der Waals surface area contributed by atoms with Gasteiger partial charge >= 0.3 is 0 Å². The lowest BCUT2D eigenvalue weighted by Gasteiger charge is -2.20. The maximum absolute atomic E-state index is 6.53. The second-order valence-corrected chi connectivity index (χ2v) is 11.6.